The lowest BCUT2D eigenvalue weighted by Crippen LogP contribution is -2.55. The van der Waals surface area contributed by atoms with Crippen LogP contribution in [-0.2, 0) is 0 Å². The molecule has 1 aliphatic rings. The van der Waals surface area contributed by atoms with Gasteiger partial charge in [-0.1, -0.05) is 17.7 Å². The highest BCUT2D eigenvalue weighted by atomic mass is 32.1. The molecular weight excluding hydrogens is 262 g/mol. The predicted octanol–water partition coefficient (Wildman–Crippen LogP) is 1.60. The van der Waals surface area contributed by atoms with E-state index in [1.807, 2.05) is 38.1 Å². The predicted molar refractivity (Wildman–Crippen MR) is 78.9 cm³/mol. The number of anilines is 1. The number of nitrogens with one attached hydrogen (secondary N) is 3. The van der Waals surface area contributed by atoms with Gasteiger partial charge in [-0.2, -0.15) is 5.10 Å². The maximum Gasteiger partial charge on any atom is 0.356 e. The number of rotatable bonds is 2. The molecule has 2 rings (SSSR count). The molecule has 1 aromatic carbocycles. The van der Waals surface area contributed by atoms with Gasteiger partial charge in [-0.15, -0.1) is 0 Å². The molecule has 0 atom stereocenters. The SMILES string of the molecule is CC1=NNC(=O)N(NC(=S)Nc2ccc(C)cc2)C1. The Balaban J connectivity index is 1.92. The van der Waals surface area contributed by atoms with E-state index in [-0.39, 0.29) is 6.03 Å². The molecule has 0 spiro atoms. The molecule has 0 saturated carbocycles. The van der Waals surface area contributed by atoms with Crippen LogP contribution in [0, 0.1) is 6.92 Å². The second-order valence-corrected chi connectivity index (χ2v) is 4.69. The third-order valence-electron chi connectivity index (χ3n) is 2.52. The van der Waals surface area contributed by atoms with Crippen molar-refractivity contribution in [1.82, 2.24) is 15.9 Å². The second kappa shape index (κ2) is 5.66. The summed E-state index contributed by atoms with van der Waals surface area (Å²) >= 11 is 5.16. The number of urea groups is 1. The van der Waals surface area contributed by atoms with Crippen molar-refractivity contribution in [1.29, 1.82) is 0 Å². The Kier molecular flexibility index (Phi) is 3.96. The molecule has 7 heteroatoms. The fourth-order valence-electron chi connectivity index (χ4n) is 1.55. The summed E-state index contributed by atoms with van der Waals surface area (Å²) in [6, 6.07) is 7.47. The van der Waals surface area contributed by atoms with Gasteiger partial charge in [-0.25, -0.2) is 15.2 Å². The van der Waals surface area contributed by atoms with Gasteiger partial charge in [0, 0.05) is 5.69 Å². The van der Waals surface area contributed by atoms with Crippen LogP contribution in [0.5, 0.6) is 0 Å². The lowest BCUT2D eigenvalue weighted by molar-refractivity contribution is 0.192. The van der Waals surface area contributed by atoms with Gasteiger partial charge in [-0.3, -0.25) is 5.43 Å². The fraction of sp³-hybridized carbons (Fsp3) is 0.250. The van der Waals surface area contributed by atoms with Crippen LogP contribution in [0.1, 0.15) is 12.5 Å². The average molecular weight is 277 g/mol. The Labute approximate surface area is 116 Å². The standard InChI is InChI=1S/C12H15N5OS/c1-8-3-5-10(6-4-8)13-11(19)16-17-7-9(2)14-15-12(17)18/h3-6H,7H2,1-2H3,(H,15,18)(H2,13,16,19). The summed E-state index contributed by atoms with van der Waals surface area (Å²) in [5.74, 6) is 0. The molecule has 2 amide bonds. The van der Waals surface area contributed by atoms with E-state index in [0.29, 0.717) is 11.7 Å². The third kappa shape index (κ3) is 3.65. The van der Waals surface area contributed by atoms with Gasteiger partial charge in [0.15, 0.2) is 5.11 Å². The van der Waals surface area contributed by atoms with Crippen LogP contribution < -0.4 is 16.2 Å². The first-order valence-corrected chi connectivity index (χ1v) is 6.20. The Hall–Kier alpha value is -2.15. The van der Waals surface area contributed by atoms with E-state index in [1.165, 1.54) is 10.6 Å². The molecule has 0 bridgehead atoms. The summed E-state index contributed by atoms with van der Waals surface area (Å²) in [5, 5.41) is 8.57. The molecule has 0 aliphatic carbocycles. The Morgan fingerprint density at radius 1 is 1.37 bits per heavy atom. The maximum atomic E-state index is 11.5. The zero-order valence-electron chi connectivity index (χ0n) is 10.7. The van der Waals surface area contributed by atoms with Crippen molar-refractivity contribution in [3.05, 3.63) is 29.8 Å². The number of carbonyl (C=O) groups excluding carboxylic acids is 1. The summed E-state index contributed by atoms with van der Waals surface area (Å²) < 4.78 is 0. The topological polar surface area (TPSA) is 68.8 Å². The number of benzene rings is 1. The smallest absolute Gasteiger partial charge is 0.331 e. The van der Waals surface area contributed by atoms with Crippen molar-refractivity contribution in [2.45, 2.75) is 13.8 Å². The highest BCUT2D eigenvalue weighted by Gasteiger charge is 2.19. The molecule has 6 nitrogen and oxygen atoms in total. The summed E-state index contributed by atoms with van der Waals surface area (Å²) in [4.78, 5) is 11.5. The minimum atomic E-state index is -0.335. The van der Waals surface area contributed by atoms with Gasteiger partial charge in [0.25, 0.3) is 0 Å². The minimum absolute atomic E-state index is 0.335. The fourth-order valence-corrected chi connectivity index (χ4v) is 1.78. The molecule has 1 aromatic rings. The van der Waals surface area contributed by atoms with Gasteiger partial charge in [0.1, 0.15) is 0 Å². The number of thiocarbonyl (C=S) groups is 1. The van der Waals surface area contributed by atoms with Crippen molar-refractivity contribution in [3.8, 4) is 0 Å². The van der Waals surface area contributed by atoms with Gasteiger partial charge < -0.3 is 5.32 Å². The number of carbonyl (C=O) groups is 1. The van der Waals surface area contributed by atoms with Crippen LogP contribution in [-0.4, -0.2) is 28.4 Å². The monoisotopic (exact) mass is 277 g/mol. The van der Waals surface area contributed by atoms with E-state index in [9.17, 15) is 4.79 Å². The molecule has 1 heterocycles. The van der Waals surface area contributed by atoms with Gasteiger partial charge in [0.2, 0.25) is 0 Å². The minimum Gasteiger partial charge on any atom is -0.331 e. The average Bonchev–Trinajstić information content (AvgIpc) is 2.37. The molecule has 0 radical (unpaired) electrons. The number of aryl methyl sites for hydroxylation is 1. The van der Waals surface area contributed by atoms with Crippen LogP contribution in [0.15, 0.2) is 29.4 Å². The van der Waals surface area contributed by atoms with Crippen molar-refractivity contribution in [2.24, 2.45) is 5.10 Å². The van der Waals surface area contributed by atoms with Gasteiger partial charge in [0.05, 0.1) is 12.3 Å². The largest absolute Gasteiger partial charge is 0.356 e. The van der Waals surface area contributed by atoms with Crippen LogP contribution in [0.2, 0.25) is 0 Å². The molecule has 3 N–H and O–H groups in total. The summed E-state index contributed by atoms with van der Waals surface area (Å²) in [7, 11) is 0. The number of nitrogens with zero attached hydrogens (tertiary/aromatic N) is 2. The van der Waals surface area contributed by atoms with Crippen molar-refractivity contribution < 1.29 is 4.79 Å². The highest BCUT2D eigenvalue weighted by molar-refractivity contribution is 7.80. The van der Waals surface area contributed by atoms with E-state index in [4.69, 9.17) is 12.2 Å². The number of hydrogen-bond acceptors (Lipinski definition) is 3. The summed E-state index contributed by atoms with van der Waals surface area (Å²) in [5.41, 5.74) is 8.04. The first-order chi connectivity index (χ1) is 9.04. The van der Waals surface area contributed by atoms with E-state index in [0.717, 1.165) is 11.4 Å². The number of hydrazone groups is 1. The number of hydrazine groups is 1. The first-order valence-electron chi connectivity index (χ1n) is 5.79. The lowest BCUT2D eigenvalue weighted by Gasteiger charge is -2.27. The van der Waals surface area contributed by atoms with Crippen molar-refractivity contribution in [3.63, 3.8) is 0 Å². The Morgan fingerprint density at radius 3 is 2.74 bits per heavy atom. The molecule has 19 heavy (non-hydrogen) atoms. The van der Waals surface area contributed by atoms with Gasteiger partial charge in [-0.05, 0) is 38.2 Å². The first kappa shape index (κ1) is 13.3. The quantitative estimate of drug-likeness (QED) is 0.718. The van der Waals surface area contributed by atoms with Crippen LogP contribution >= 0.6 is 12.2 Å². The zero-order chi connectivity index (χ0) is 13.8. The zero-order valence-corrected chi connectivity index (χ0v) is 11.5. The Bertz CT molecular complexity index is 525. The maximum absolute atomic E-state index is 11.5. The molecule has 100 valence electrons. The molecule has 0 aromatic heterocycles. The van der Waals surface area contributed by atoms with Gasteiger partial charge >= 0.3 is 6.03 Å². The van der Waals surface area contributed by atoms with Crippen molar-refractivity contribution >= 4 is 34.8 Å². The second-order valence-electron chi connectivity index (χ2n) is 4.28. The molecule has 0 saturated heterocycles. The molecule has 1 aliphatic heterocycles. The van der Waals surface area contributed by atoms with Crippen molar-refractivity contribution in [2.75, 3.05) is 11.9 Å². The molecule has 0 unspecified atom stereocenters. The van der Waals surface area contributed by atoms with E-state index in [2.05, 4.69) is 21.3 Å². The lowest BCUT2D eigenvalue weighted by atomic mass is 10.2. The van der Waals surface area contributed by atoms with E-state index >= 15 is 0 Å². The number of hydrogen-bond donors (Lipinski definition) is 3. The van der Waals surface area contributed by atoms with Crippen LogP contribution in [0.3, 0.4) is 0 Å². The summed E-state index contributed by atoms with van der Waals surface area (Å²) in [6.45, 7) is 4.23. The van der Waals surface area contributed by atoms with Crippen LogP contribution in [0.4, 0.5) is 10.5 Å². The van der Waals surface area contributed by atoms with E-state index in [1.54, 1.807) is 0 Å². The third-order valence-corrected chi connectivity index (χ3v) is 2.71. The van der Waals surface area contributed by atoms with Crippen LogP contribution in [0.25, 0.3) is 0 Å². The normalized spacial score (nSPS) is 14.5. The molecular formula is C12H15N5OS. The Morgan fingerprint density at radius 2 is 2.05 bits per heavy atom. The van der Waals surface area contributed by atoms with E-state index < -0.39 is 0 Å². The highest BCUT2D eigenvalue weighted by Crippen LogP contribution is 2.08. The number of amides is 2. The summed E-state index contributed by atoms with van der Waals surface area (Å²) in [6.07, 6.45) is 0. The molecule has 0 fully saturated rings.